The second kappa shape index (κ2) is 14.9. The summed E-state index contributed by atoms with van der Waals surface area (Å²) in [5.41, 5.74) is 0.305. The highest BCUT2D eigenvalue weighted by Gasteiger charge is 2.34. The number of amides is 3. The number of rotatable bonds is 11. The van der Waals surface area contributed by atoms with E-state index in [9.17, 15) is 14.4 Å². The topological polar surface area (TPSA) is 115 Å². The van der Waals surface area contributed by atoms with Gasteiger partial charge in [0.2, 0.25) is 5.91 Å². The summed E-state index contributed by atoms with van der Waals surface area (Å²) in [4.78, 5) is 37.8. The quantitative estimate of drug-likeness (QED) is 0.403. The van der Waals surface area contributed by atoms with E-state index in [1.165, 1.54) is 0 Å². The molecule has 10 heteroatoms. The van der Waals surface area contributed by atoms with E-state index in [-0.39, 0.29) is 30.5 Å². The van der Waals surface area contributed by atoms with Crippen molar-refractivity contribution >= 4 is 29.9 Å². The number of nitrogens with one attached hydrogen (secondary N) is 3. The third-order valence-electron chi connectivity index (χ3n) is 5.84. The molecule has 0 bridgehead atoms. The van der Waals surface area contributed by atoms with Gasteiger partial charge < -0.3 is 30.2 Å². The largest absolute Gasteiger partial charge is 0.445 e. The number of methoxy groups -OCH3 is 1. The molecule has 3 amide bonds. The molecule has 1 aromatic carbocycles. The smallest absolute Gasteiger partial charge is 0.408 e. The van der Waals surface area contributed by atoms with Crippen molar-refractivity contribution in [2.24, 2.45) is 5.92 Å². The molecule has 202 valence electrons. The van der Waals surface area contributed by atoms with E-state index >= 15 is 0 Å². The highest BCUT2D eigenvalue weighted by molar-refractivity contribution is 7.98. The van der Waals surface area contributed by atoms with Gasteiger partial charge in [0.1, 0.15) is 18.2 Å². The third-order valence-corrected chi connectivity index (χ3v) is 6.49. The monoisotopic (exact) mass is 523 g/mol. The average molecular weight is 524 g/mol. The zero-order valence-electron chi connectivity index (χ0n) is 22.0. The van der Waals surface area contributed by atoms with Crippen LogP contribution in [0.2, 0.25) is 0 Å². The van der Waals surface area contributed by atoms with E-state index in [1.54, 1.807) is 18.9 Å². The minimum absolute atomic E-state index is 0.0128. The van der Waals surface area contributed by atoms with E-state index < -0.39 is 23.8 Å². The van der Waals surface area contributed by atoms with Crippen molar-refractivity contribution in [2.75, 3.05) is 25.7 Å². The van der Waals surface area contributed by atoms with Gasteiger partial charge in [0.15, 0.2) is 0 Å². The highest BCUT2D eigenvalue weighted by atomic mass is 32.2. The van der Waals surface area contributed by atoms with Crippen LogP contribution in [-0.2, 0) is 25.6 Å². The first kappa shape index (κ1) is 29.8. The van der Waals surface area contributed by atoms with Gasteiger partial charge in [-0.25, -0.2) is 9.59 Å². The van der Waals surface area contributed by atoms with E-state index in [2.05, 4.69) is 16.0 Å². The van der Waals surface area contributed by atoms with Crippen molar-refractivity contribution in [2.45, 2.75) is 76.8 Å². The summed E-state index contributed by atoms with van der Waals surface area (Å²) in [6.45, 7) is 6.05. The molecule has 1 fully saturated rings. The maximum Gasteiger partial charge on any atom is 0.408 e. The second-order valence-electron chi connectivity index (χ2n) is 10.0. The molecule has 2 rings (SSSR count). The summed E-state index contributed by atoms with van der Waals surface area (Å²) in [6.07, 6.45) is 3.40. The second-order valence-corrected chi connectivity index (χ2v) is 11.0. The van der Waals surface area contributed by atoms with Crippen molar-refractivity contribution in [1.29, 1.82) is 0 Å². The normalized spacial score (nSPS) is 20.6. The number of thioether (sulfide) groups is 1. The maximum absolute atomic E-state index is 13.2. The van der Waals surface area contributed by atoms with Crippen molar-refractivity contribution < 1.29 is 28.6 Å². The Hall–Kier alpha value is -2.46. The molecular formula is C26H41N3O6S. The molecule has 9 nitrogen and oxygen atoms in total. The van der Waals surface area contributed by atoms with Crippen LogP contribution in [-0.4, -0.2) is 67.5 Å². The predicted octanol–water partition coefficient (Wildman–Crippen LogP) is 3.86. The van der Waals surface area contributed by atoms with Gasteiger partial charge in [-0.3, -0.25) is 4.79 Å². The molecule has 1 saturated carbocycles. The molecule has 0 aliphatic heterocycles. The molecule has 0 radical (unpaired) electrons. The molecule has 1 aliphatic carbocycles. The Kier molecular flexibility index (Phi) is 12.4. The van der Waals surface area contributed by atoms with Crippen molar-refractivity contribution in [3.05, 3.63) is 35.9 Å². The maximum atomic E-state index is 13.2. The first-order valence-corrected chi connectivity index (χ1v) is 13.8. The number of carbonyl (C=O) groups excluding carboxylic acids is 3. The van der Waals surface area contributed by atoms with Gasteiger partial charge in [0.25, 0.3) is 0 Å². The average Bonchev–Trinajstić information content (AvgIpc) is 2.81. The van der Waals surface area contributed by atoms with Gasteiger partial charge in [-0.1, -0.05) is 30.3 Å². The first-order chi connectivity index (χ1) is 17.1. The number of carbonyl (C=O) groups is 3. The van der Waals surface area contributed by atoms with E-state index in [1.807, 2.05) is 57.4 Å². The van der Waals surface area contributed by atoms with Crippen LogP contribution in [0.4, 0.5) is 9.59 Å². The van der Waals surface area contributed by atoms with Crippen LogP contribution in [0.25, 0.3) is 0 Å². The fourth-order valence-corrected chi connectivity index (χ4v) is 4.62. The molecule has 0 saturated heterocycles. The summed E-state index contributed by atoms with van der Waals surface area (Å²) in [7, 11) is 1.62. The SMILES string of the molecule is COCC1CC(NC(=O)OC(C)(C)C)CCC1NC(=O)[C@H](CCSC)NC(=O)OCc1ccccc1. The molecule has 36 heavy (non-hydrogen) atoms. The van der Waals surface area contributed by atoms with Crippen molar-refractivity contribution in [1.82, 2.24) is 16.0 Å². The number of alkyl carbamates (subject to hydrolysis) is 2. The van der Waals surface area contributed by atoms with E-state index in [0.717, 1.165) is 5.56 Å². The van der Waals surface area contributed by atoms with Gasteiger partial charge in [0, 0.05) is 25.1 Å². The highest BCUT2D eigenvalue weighted by Crippen LogP contribution is 2.26. The van der Waals surface area contributed by atoms with Crippen LogP contribution in [0.15, 0.2) is 30.3 Å². The number of hydrogen-bond acceptors (Lipinski definition) is 7. The lowest BCUT2D eigenvalue weighted by atomic mass is 9.81. The van der Waals surface area contributed by atoms with Crippen molar-refractivity contribution in [3.63, 3.8) is 0 Å². The number of hydrogen-bond donors (Lipinski definition) is 3. The molecule has 3 N–H and O–H groups in total. The minimum atomic E-state index is -0.707. The van der Waals surface area contributed by atoms with Crippen LogP contribution < -0.4 is 16.0 Å². The van der Waals surface area contributed by atoms with Gasteiger partial charge in [0.05, 0.1) is 6.61 Å². The summed E-state index contributed by atoms with van der Waals surface area (Å²) >= 11 is 1.60. The Morgan fingerprint density at radius 3 is 2.44 bits per heavy atom. The Morgan fingerprint density at radius 1 is 1.08 bits per heavy atom. The predicted molar refractivity (Wildman–Crippen MR) is 141 cm³/mol. The Balaban J connectivity index is 1.93. The fraction of sp³-hybridized carbons (Fsp3) is 0.654. The van der Waals surface area contributed by atoms with Gasteiger partial charge in [-0.05, 0) is 64.0 Å². The number of ether oxygens (including phenoxy) is 3. The van der Waals surface area contributed by atoms with Gasteiger partial charge in [-0.15, -0.1) is 0 Å². The summed E-state index contributed by atoms with van der Waals surface area (Å²) < 4.78 is 16.1. The zero-order valence-corrected chi connectivity index (χ0v) is 22.8. The van der Waals surface area contributed by atoms with E-state index in [0.29, 0.717) is 38.0 Å². The molecule has 0 aromatic heterocycles. The lowest BCUT2D eigenvalue weighted by Crippen LogP contribution is -2.55. The summed E-state index contributed by atoms with van der Waals surface area (Å²) in [6, 6.07) is 8.48. The molecule has 0 heterocycles. The molecule has 1 aromatic rings. The Labute approximate surface area is 218 Å². The van der Waals surface area contributed by atoms with Gasteiger partial charge >= 0.3 is 12.2 Å². The Bertz CT molecular complexity index is 833. The molecule has 1 aliphatic rings. The van der Waals surface area contributed by atoms with Gasteiger partial charge in [-0.2, -0.15) is 11.8 Å². The standard InChI is InChI=1S/C26H41N3O6S/c1-26(2,3)35-25(32)27-20-11-12-21(19(15-20)17-33-4)28-23(30)22(13-14-36-5)29-24(31)34-16-18-9-7-6-8-10-18/h6-10,19-22H,11-17H2,1-5H3,(H,27,32)(H,28,30)(H,29,31)/t19?,20?,21?,22-/m0/s1. The van der Waals surface area contributed by atoms with Crippen LogP contribution in [0.5, 0.6) is 0 Å². The fourth-order valence-electron chi connectivity index (χ4n) is 4.15. The molecular weight excluding hydrogens is 482 g/mol. The lowest BCUT2D eigenvalue weighted by Gasteiger charge is -2.37. The number of benzene rings is 1. The minimum Gasteiger partial charge on any atom is -0.445 e. The lowest BCUT2D eigenvalue weighted by molar-refractivity contribution is -0.124. The van der Waals surface area contributed by atoms with Crippen LogP contribution in [0.3, 0.4) is 0 Å². The molecule has 4 atom stereocenters. The Morgan fingerprint density at radius 2 is 1.81 bits per heavy atom. The summed E-state index contributed by atoms with van der Waals surface area (Å²) in [5, 5.41) is 8.77. The molecule has 3 unspecified atom stereocenters. The van der Waals surface area contributed by atoms with Crippen LogP contribution in [0.1, 0.15) is 52.0 Å². The zero-order chi connectivity index (χ0) is 26.6. The van der Waals surface area contributed by atoms with Crippen LogP contribution >= 0.6 is 11.8 Å². The first-order valence-electron chi connectivity index (χ1n) is 12.4. The summed E-state index contributed by atoms with van der Waals surface area (Å²) in [5.74, 6) is 0.481. The van der Waals surface area contributed by atoms with E-state index in [4.69, 9.17) is 14.2 Å². The molecule has 0 spiro atoms. The van der Waals surface area contributed by atoms with Crippen LogP contribution in [0, 0.1) is 5.92 Å². The van der Waals surface area contributed by atoms with Crippen molar-refractivity contribution in [3.8, 4) is 0 Å². The third kappa shape index (κ3) is 11.1.